The summed E-state index contributed by atoms with van der Waals surface area (Å²) in [6, 6.07) is 15.3. The lowest BCUT2D eigenvalue weighted by Gasteiger charge is -2.14. The summed E-state index contributed by atoms with van der Waals surface area (Å²) >= 11 is 6.66. The molecule has 0 aliphatic carbocycles. The normalized spacial score (nSPS) is 10.4. The minimum absolute atomic E-state index is 0.0977. The topological polar surface area (TPSA) is 82.9 Å². The molecule has 0 aliphatic heterocycles. The van der Waals surface area contributed by atoms with Gasteiger partial charge in [-0.25, -0.2) is 4.98 Å². The SMILES string of the molecule is N#Cc1c(N)ncc(-c2ccccc2)c1-c1cc(Br)c(O)c(Br)c1. The number of rotatable bonds is 2. The van der Waals surface area contributed by atoms with Crippen LogP contribution in [0.1, 0.15) is 5.56 Å². The van der Waals surface area contributed by atoms with Gasteiger partial charge in [0.2, 0.25) is 0 Å². The second-order valence-corrected chi connectivity index (χ2v) is 6.78. The van der Waals surface area contributed by atoms with Crippen LogP contribution in [0.15, 0.2) is 57.6 Å². The van der Waals surface area contributed by atoms with Crippen molar-refractivity contribution in [3.63, 3.8) is 0 Å². The zero-order valence-corrected chi connectivity index (χ0v) is 15.5. The highest BCUT2D eigenvalue weighted by atomic mass is 79.9. The number of nitrogens with zero attached hydrogens (tertiary/aromatic N) is 2. The van der Waals surface area contributed by atoms with Gasteiger partial charge in [0.15, 0.2) is 0 Å². The Morgan fingerprint density at radius 2 is 1.67 bits per heavy atom. The largest absolute Gasteiger partial charge is 0.506 e. The molecule has 6 heteroatoms. The Hall–Kier alpha value is -2.36. The zero-order chi connectivity index (χ0) is 17.3. The van der Waals surface area contributed by atoms with Crippen LogP contribution in [-0.4, -0.2) is 10.1 Å². The van der Waals surface area contributed by atoms with Crippen molar-refractivity contribution in [1.82, 2.24) is 4.98 Å². The van der Waals surface area contributed by atoms with Crippen molar-refractivity contribution in [1.29, 1.82) is 5.26 Å². The zero-order valence-electron chi connectivity index (χ0n) is 12.3. The molecule has 0 unspecified atom stereocenters. The minimum atomic E-state index is 0.0977. The molecule has 0 aliphatic rings. The van der Waals surface area contributed by atoms with Crippen LogP contribution in [-0.2, 0) is 0 Å². The number of hydrogen-bond donors (Lipinski definition) is 2. The highest BCUT2D eigenvalue weighted by molar-refractivity contribution is 9.11. The molecular formula is C18H11Br2N3O. The number of aromatic hydroxyl groups is 1. The number of nitrogens with two attached hydrogens (primary N) is 1. The molecule has 0 amide bonds. The summed E-state index contributed by atoms with van der Waals surface area (Å²) in [4.78, 5) is 4.16. The number of nitriles is 1. The van der Waals surface area contributed by atoms with Crippen molar-refractivity contribution in [2.45, 2.75) is 0 Å². The molecule has 3 aromatic rings. The highest BCUT2D eigenvalue weighted by Gasteiger charge is 2.18. The molecule has 0 atom stereocenters. The van der Waals surface area contributed by atoms with Crippen LogP contribution in [0.2, 0.25) is 0 Å². The first-order valence-electron chi connectivity index (χ1n) is 6.95. The number of hydrogen-bond acceptors (Lipinski definition) is 4. The molecule has 2 aromatic carbocycles. The second kappa shape index (κ2) is 6.63. The predicted octanol–water partition coefficient (Wildman–Crippen LogP) is 5.10. The maximum Gasteiger partial charge on any atom is 0.143 e. The Morgan fingerprint density at radius 1 is 1.04 bits per heavy atom. The lowest BCUT2D eigenvalue weighted by molar-refractivity contribution is 0.468. The predicted molar refractivity (Wildman–Crippen MR) is 101 cm³/mol. The number of nitrogen functional groups attached to an aromatic ring is 1. The molecule has 118 valence electrons. The fourth-order valence-corrected chi connectivity index (χ4v) is 3.67. The fourth-order valence-electron chi connectivity index (χ4n) is 2.49. The molecule has 4 nitrogen and oxygen atoms in total. The number of anilines is 1. The smallest absolute Gasteiger partial charge is 0.143 e. The monoisotopic (exact) mass is 443 g/mol. The molecule has 3 rings (SSSR count). The third-order valence-corrected chi connectivity index (χ3v) is 4.82. The standard InChI is InChI=1S/C18H11Br2N3O/c19-14-6-11(7-15(20)17(14)24)16-12(8-21)18(22)23-9-13(16)10-4-2-1-3-5-10/h1-7,9,24H,(H2,22,23). The lowest BCUT2D eigenvalue weighted by Crippen LogP contribution is -2.00. The van der Waals surface area contributed by atoms with E-state index in [-0.39, 0.29) is 11.6 Å². The molecule has 24 heavy (non-hydrogen) atoms. The van der Waals surface area contributed by atoms with E-state index in [1.165, 1.54) is 0 Å². The van der Waals surface area contributed by atoms with Gasteiger partial charge < -0.3 is 10.8 Å². The Kier molecular flexibility index (Phi) is 4.56. The Labute approximate surface area is 155 Å². The first-order chi connectivity index (χ1) is 11.5. The molecule has 1 aromatic heterocycles. The Balaban J connectivity index is 2.38. The van der Waals surface area contributed by atoms with E-state index >= 15 is 0 Å². The van der Waals surface area contributed by atoms with Crippen molar-refractivity contribution < 1.29 is 5.11 Å². The number of aromatic nitrogens is 1. The van der Waals surface area contributed by atoms with E-state index in [9.17, 15) is 10.4 Å². The van der Waals surface area contributed by atoms with Gasteiger partial charge in [0, 0.05) is 17.3 Å². The van der Waals surface area contributed by atoms with Crippen LogP contribution in [0.4, 0.5) is 5.82 Å². The summed E-state index contributed by atoms with van der Waals surface area (Å²) in [5.41, 5.74) is 9.37. The van der Waals surface area contributed by atoms with Gasteiger partial charge in [-0.05, 0) is 55.1 Å². The summed E-state index contributed by atoms with van der Waals surface area (Å²) < 4.78 is 1.04. The highest BCUT2D eigenvalue weighted by Crippen LogP contribution is 2.41. The van der Waals surface area contributed by atoms with E-state index in [2.05, 4.69) is 42.9 Å². The van der Waals surface area contributed by atoms with Crippen LogP contribution >= 0.6 is 31.9 Å². The number of phenolic OH excluding ortho intramolecular Hbond substituents is 1. The maximum absolute atomic E-state index is 9.95. The molecule has 0 fully saturated rings. The molecule has 3 N–H and O–H groups in total. The van der Waals surface area contributed by atoms with Crippen molar-refractivity contribution in [2.24, 2.45) is 0 Å². The van der Waals surface area contributed by atoms with Gasteiger partial charge in [-0.3, -0.25) is 0 Å². The van der Waals surface area contributed by atoms with E-state index in [0.717, 1.165) is 16.7 Å². The van der Waals surface area contributed by atoms with E-state index in [1.807, 2.05) is 30.3 Å². The van der Waals surface area contributed by atoms with Crippen LogP contribution in [0, 0.1) is 11.3 Å². The molecule has 0 bridgehead atoms. The van der Waals surface area contributed by atoms with Crippen molar-refractivity contribution in [2.75, 3.05) is 5.73 Å². The Morgan fingerprint density at radius 3 is 2.25 bits per heavy atom. The third-order valence-electron chi connectivity index (χ3n) is 3.61. The van der Waals surface area contributed by atoms with Crippen LogP contribution in [0.3, 0.4) is 0 Å². The molecule has 0 radical (unpaired) electrons. The number of phenols is 1. The average molecular weight is 445 g/mol. The van der Waals surface area contributed by atoms with E-state index < -0.39 is 0 Å². The van der Waals surface area contributed by atoms with Gasteiger partial charge in [0.05, 0.1) is 8.95 Å². The average Bonchev–Trinajstić information content (AvgIpc) is 2.59. The maximum atomic E-state index is 9.95. The van der Waals surface area contributed by atoms with E-state index in [4.69, 9.17) is 5.73 Å². The van der Waals surface area contributed by atoms with Gasteiger partial charge in [-0.15, -0.1) is 0 Å². The van der Waals surface area contributed by atoms with Crippen molar-refractivity contribution in [3.8, 4) is 34.1 Å². The van der Waals surface area contributed by atoms with Crippen molar-refractivity contribution >= 4 is 37.7 Å². The number of pyridine rings is 1. The Bertz CT molecular complexity index is 943. The molecule has 1 heterocycles. The summed E-state index contributed by atoms with van der Waals surface area (Å²) in [6.45, 7) is 0. The second-order valence-electron chi connectivity index (χ2n) is 5.07. The first-order valence-corrected chi connectivity index (χ1v) is 8.54. The van der Waals surface area contributed by atoms with Gasteiger partial charge in [-0.2, -0.15) is 5.26 Å². The summed E-state index contributed by atoms with van der Waals surface area (Å²) in [7, 11) is 0. The summed E-state index contributed by atoms with van der Waals surface area (Å²) in [5, 5.41) is 19.5. The third kappa shape index (κ3) is 2.88. The van der Waals surface area contributed by atoms with Gasteiger partial charge in [0.25, 0.3) is 0 Å². The van der Waals surface area contributed by atoms with Crippen molar-refractivity contribution in [3.05, 3.63) is 63.2 Å². The summed E-state index contributed by atoms with van der Waals surface area (Å²) in [6.07, 6.45) is 1.66. The van der Waals surface area contributed by atoms with Gasteiger partial charge >= 0.3 is 0 Å². The van der Waals surface area contributed by atoms with E-state index in [0.29, 0.717) is 20.1 Å². The van der Waals surface area contributed by atoms with Crippen LogP contribution < -0.4 is 5.73 Å². The molecule has 0 spiro atoms. The number of benzene rings is 2. The number of halogens is 2. The quantitative estimate of drug-likeness (QED) is 0.575. The summed E-state index contributed by atoms with van der Waals surface area (Å²) in [5.74, 6) is 0.271. The fraction of sp³-hybridized carbons (Fsp3) is 0. The molecule has 0 saturated carbocycles. The van der Waals surface area contributed by atoms with Gasteiger partial charge in [0.1, 0.15) is 23.2 Å². The molecule has 0 saturated heterocycles. The lowest BCUT2D eigenvalue weighted by atomic mass is 9.92. The minimum Gasteiger partial charge on any atom is -0.506 e. The molecular weight excluding hydrogens is 434 g/mol. The van der Waals surface area contributed by atoms with E-state index in [1.54, 1.807) is 18.3 Å². The van der Waals surface area contributed by atoms with Crippen LogP contribution in [0.5, 0.6) is 5.75 Å². The van der Waals surface area contributed by atoms with Crippen LogP contribution in [0.25, 0.3) is 22.3 Å². The van der Waals surface area contributed by atoms with Gasteiger partial charge in [-0.1, -0.05) is 30.3 Å². The first kappa shape index (κ1) is 16.5.